The number of rotatable bonds is 3. The van der Waals surface area contributed by atoms with Crippen LogP contribution in [0, 0.1) is 24.2 Å². The van der Waals surface area contributed by atoms with E-state index in [4.69, 9.17) is 5.26 Å². The minimum atomic E-state index is -0.621. The number of nitrogens with zero attached hydrogens (tertiary/aromatic N) is 2. The average molecular weight is 282 g/mol. The highest BCUT2D eigenvalue weighted by molar-refractivity contribution is 9.10. The molecule has 1 rings (SSSR count). The van der Waals surface area contributed by atoms with Gasteiger partial charge in [0.15, 0.2) is 0 Å². The molecule has 1 unspecified atom stereocenters. The summed E-state index contributed by atoms with van der Waals surface area (Å²) in [4.78, 5) is 15.7. The van der Waals surface area contributed by atoms with E-state index < -0.39 is 5.92 Å². The third-order valence-electron chi connectivity index (χ3n) is 2.17. The van der Waals surface area contributed by atoms with E-state index in [1.165, 1.54) is 0 Å². The van der Waals surface area contributed by atoms with Crippen LogP contribution in [0.15, 0.2) is 16.7 Å². The Bertz CT molecular complexity index is 439. The fraction of sp³-hybridized carbons (Fsp3) is 0.364. The summed E-state index contributed by atoms with van der Waals surface area (Å²) in [7, 11) is 0. The molecule has 5 heteroatoms. The molecule has 0 saturated carbocycles. The number of carbonyl (C=O) groups is 1. The fourth-order valence-electron chi connectivity index (χ4n) is 1.21. The van der Waals surface area contributed by atoms with Gasteiger partial charge in [-0.15, -0.1) is 0 Å². The average Bonchev–Trinajstić information content (AvgIpc) is 2.24. The van der Waals surface area contributed by atoms with Gasteiger partial charge in [0.05, 0.1) is 6.07 Å². The first-order chi connectivity index (χ1) is 7.58. The normalized spacial score (nSPS) is 11.6. The molecule has 84 valence electrons. The maximum atomic E-state index is 11.6. The van der Waals surface area contributed by atoms with Crippen molar-refractivity contribution in [2.75, 3.05) is 5.32 Å². The van der Waals surface area contributed by atoms with E-state index in [9.17, 15) is 4.79 Å². The second-order valence-electron chi connectivity index (χ2n) is 3.40. The van der Waals surface area contributed by atoms with Gasteiger partial charge < -0.3 is 5.32 Å². The van der Waals surface area contributed by atoms with Crippen molar-refractivity contribution >= 4 is 27.7 Å². The molecule has 0 radical (unpaired) electrons. The number of aryl methyl sites for hydroxylation is 1. The number of aromatic nitrogens is 1. The first-order valence-corrected chi connectivity index (χ1v) is 5.70. The van der Waals surface area contributed by atoms with Crippen molar-refractivity contribution < 1.29 is 4.79 Å². The zero-order chi connectivity index (χ0) is 12.1. The Labute approximate surface area is 103 Å². The van der Waals surface area contributed by atoms with Gasteiger partial charge in [0.1, 0.15) is 11.7 Å². The predicted octanol–water partition coefficient (Wildman–Crippen LogP) is 2.64. The van der Waals surface area contributed by atoms with Crippen molar-refractivity contribution in [3.8, 4) is 6.07 Å². The Morgan fingerprint density at radius 2 is 2.44 bits per heavy atom. The maximum Gasteiger partial charge on any atom is 0.242 e. The Kier molecular flexibility index (Phi) is 4.44. The molecule has 0 aliphatic rings. The molecule has 0 fully saturated rings. The Morgan fingerprint density at radius 1 is 1.75 bits per heavy atom. The molecule has 1 atom stereocenters. The van der Waals surface area contributed by atoms with Crippen molar-refractivity contribution in [3.63, 3.8) is 0 Å². The summed E-state index contributed by atoms with van der Waals surface area (Å²) in [6.07, 6.45) is 2.11. The lowest BCUT2D eigenvalue weighted by atomic mass is 10.1. The van der Waals surface area contributed by atoms with Gasteiger partial charge in [0.25, 0.3) is 0 Å². The topological polar surface area (TPSA) is 65.8 Å². The van der Waals surface area contributed by atoms with E-state index in [0.29, 0.717) is 12.2 Å². The Hall–Kier alpha value is -1.41. The van der Waals surface area contributed by atoms with Gasteiger partial charge in [0.2, 0.25) is 5.91 Å². The second-order valence-corrected chi connectivity index (χ2v) is 4.31. The number of hydrogen-bond acceptors (Lipinski definition) is 3. The third kappa shape index (κ3) is 3.04. The number of pyridine rings is 1. The lowest BCUT2D eigenvalue weighted by Crippen LogP contribution is -2.22. The van der Waals surface area contributed by atoms with Crippen LogP contribution >= 0.6 is 15.9 Å². The van der Waals surface area contributed by atoms with E-state index >= 15 is 0 Å². The van der Waals surface area contributed by atoms with Crippen molar-refractivity contribution in [2.24, 2.45) is 5.92 Å². The highest BCUT2D eigenvalue weighted by atomic mass is 79.9. The molecule has 0 saturated heterocycles. The van der Waals surface area contributed by atoms with Crippen LogP contribution in [0.25, 0.3) is 0 Å². The zero-order valence-corrected chi connectivity index (χ0v) is 10.7. The van der Waals surface area contributed by atoms with Crippen molar-refractivity contribution in [1.29, 1.82) is 5.26 Å². The predicted molar refractivity (Wildman–Crippen MR) is 64.7 cm³/mol. The van der Waals surface area contributed by atoms with Crippen molar-refractivity contribution in [3.05, 3.63) is 22.3 Å². The van der Waals surface area contributed by atoms with Crippen molar-refractivity contribution in [1.82, 2.24) is 4.98 Å². The summed E-state index contributed by atoms with van der Waals surface area (Å²) >= 11 is 3.29. The summed E-state index contributed by atoms with van der Waals surface area (Å²) in [5.41, 5.74) is 0.857. The van der Waals surface area contributed by atoms with Gasteiger partial charge in [-0.05, 0) is 40.9 Å². The Balaban J connectivity index is 2.81. The molecule has 1 N–H and O–H groups in total. The molecule has 0 aromatic carbocycles. The summed E-state index contributed by atoms with van der Waals surface area (Å²) in [5, 5.41) is 11.4. The largest absolute Gasteiger partial charge is 0.309 e. The van der Waals surface area contributed by atoms with E-state index in [1.54, 1.807) is 13.1 Å². The van der Waals surface area contributed by atoms with Crippen LogP contribution < -0.4 is 5.32 Å². The van der Waals surface area contributed by atoms with Crippen molar-refractivity contribution in [2.45, 2.75) is 20.3 Å². The van der Waals surface area contributed by atoms with E-state index in [-0.39, 0.29) is 5.91 Å². The lowest BCUT2D eigenvalue weighted by molar-refractivity contribution is -0.118. The van der Waals surface area contributed by atoms with Crippen LogP contribution in [0.5, 0.6) is 0 Å². The number of amides is 1. The van der Waals surface area contributed by atoms with Crippen LogP contribution in [0.4, 0.5) is 5.82 Å². The number of nitriles is 1. The highest BCUT2D eigenvalue weighted by Gasteiger charge is 2.16. The monoisotopic (exact) mass is 281 g/mol. The van der Waals surface area contributed by atoms with Crippen LogP contribution in [0.3, 0.4) is 0 Å². The minimum absolute atomic E-state index is 0.303. The van der Waals surface area contributed by atoms with Gasteiger partial charge in [-0.3, -0.25) is 4.79 Å². The van der Waals surface area contributed by atoms with Gasteiger partial charge in [0, 0.05) is 10.7 Å². The first kappa shape index (κ1) is 12.7. The highest BCUT2D eigenvalue weighted by Crippen LogP contribution is 2.17. The summed E-state index contributed by atoms with van der Waals surface area (Å²) < 4.78 is 0.857. The molecule has 1 aromatic heterocycles. The molecule has 4 nitrogen and oxygen atoms in total. The summed E-state index contributed by atoms with van der Waals surface area (Å²) in [5.74, 6) is -0.422. The standard InChI is InChI=1S/C11H12BrN3O/c1-3-8(5-13)11(16)15-10-7(2)4-9(12)6-14-10/h4,6,8H,3H2,1-2H3,(H,14,15,16). The van der Waals surface area contributed by atoms with Gasteiger partial charge in [-0.1, -0.05) is 6.92 Å². The van der Waals surface area contributed by atoms with E-state index in [2.05, 4.69) is 26.2 Å². The smallest absolute Gasteiger partial charge is 0.242 e. The third-order valence-corrected chi connectivity index (χ3v) is 2.60. The minimum Gasteiger partial charge on any atom is -0.309 e. The molecule has 0 aliphatic carbocycles. The second kappa shape index (κ2) is 5.61. The molecular weight excluding hydrogens is 270 g/mol. The molecule has 0 bridgehead atoms. The lowest BCUT2D eigenvalue weighted by Gasteiger charge is -2.09. The quantitative estimate of drug-likeness (QED) is 0.926. The zero-order valence-electron chi connectivity index (χ0n) is 9.12. The number of nitrogens with one attached hydrogen (secondary N) is 1. The number of anilines is 1. The molecule has 0 spiro atoms. The number of carbonyl (C=O) groups excluding carboxylic acids is 1. The summed E-state index contributed by atoms with van der Waals surface area (Å²) in [6.45, 7) is 3.65. The van der Waals surface area contributed by atoms with E-state index in [0.717, 1.165) is 10.0 Å². The van der Waals surface area contributed by atoms with Crippen LogP contribution in [0.2, 0.25) is 0 Å². The molecule has 1 amide bonds. The first-order valence-electron chi connectivity index (χ1n) is 4.91. The number of halogens is 1. The van der Waals surface area contributed by atoms with Gasteiger partial charge >= 0.3 is 0 Å². The molecule has 16 heavy (non-hydrogen) atoms. The summed E-state index contributed by atoms with van der Waals surface area (Å²) in [6, 6.07) is 3.81. The Morgan fingerprint density at radius 3 is 2.94 bits per heavy atom. The van der Waals surface area contributed by atoms with Crippen LogP contribution in [0.1, 0.15) is 18.9 Å². The molecular formula is C11H12BrN3O. The molecule has 1 aromatic rings. The van der Waals surface area contributed by atoms with Gasteiger partial charge in [-0.25, -0.2) is 4.98 Å². The van der Waals surface area contributed by atoms with Gasteiger partial charge in [-0.2, -0.15) is 5.26 Å². The molecule has 1 heterocycles. The fourth-order valence-corrected chi connectivity index (χ4v) is 1.66. The van der Waals surface area contributed by atoms with Crippen LogP contribution in [-0.2, 0) is 4.79 Å². The van der Waals surface area contributed by atoms with Crippen LogP contribution in [-0.4, -0.2) is 10.9 Å². The SMILES string of the molecule is CCC(C#N)C(=O)Nc1ncc(Br)cc1C. The maximum absolute atomic E-state index is 11.6. The number of hydrogen-bond donors (Lipinski definition) is 1. The van der Waals surface area contributed by atoms with E-state index in [1.807, 2.05) is 19.1 Å². The molecule has 0 aliphatic heterocycles.